The van der Waals surface area contributed by atoms with Crippen LogP contribution in [0.25, 0.3) is 0 Å². The van der Waals surface area contributed by atoms with Crippen molar-refractivity contribution >= 4 is 5.82 Å². The third kappa shape index (κ3) is 3.36. The molecule has 106 valence electrons. The van der Waals surface area contributed by atoms with Crippen molar-refractivity contribution in [3.63, 3.8) is 0 Å². The number of pyridine rings is 1. The highest BCUT2D eigenvalue weighted by Crippen LogP contribution is 2.19. The predicted octanol–water partition coefficient (Wildman–Crippen LogP) is 3.05. The van der Waals surface area contributed by atoms with Crippen LogP contribution in [0.5, 0.6) is 0 Å². The molecule has 1 aromatic heterocycles. The van der Waals surface area contributed by atoms with Crippen LogP contribution in [0.1, 0.15) is 29.3 Å². The van der Waals surface area contributed by atoms with E-state index in [4.69, 9.17) is 5.73 Å². The van der Waals surface area contributed by atoms with E-state index in [0.717, 1.165) is 30.0 Å². The Morgan fingerprint density at radius 2 is 1.70 bits per heavy atom. The minimum absolute atomic E-state index is 0.516. The van der Waals surface area contributed by atoms with Gasteiger partial charge in [-0.05, 0) is 30.5 Å². The van der Waals surface area contributed by atoms with Crippen LogP contribution < -0.4 is 10.6 Å². The second-order valence-corrected chi connectivity index (χ2v) is 5.17. The van der Waals surface area contributed by atoms with Crippen molar-refractivity contribution in [2.75, 3.05) is 11.9 Å². The quantitative estimate of drug-likeness (QED) is 0.907. The standard InChI is InChI=1S/C17H23N3/c1-4-14-6-8-15(9-7-14)12-20(3)17-16(11-18)10-5-13(2)19-17/h5-10H,4,11-12,18H2,1-3H3. The summed E-state index contributed by atoms with van der Waals surface area (Å²) in [6.45, 7) is 5.54. The molecule has 0 aliphatic carbocycles. The summed E-state index contributed by atoms with van der Waals surface area (Å²) < 4.78 is 0. The van der Waals surface area contributed by atoms with E-state index in [1.165, 1.54) is 11.1 Å². The van der Waals surface area contributed by atoms with E-state index in [-0.39, 0.29) is 0 Å². The number of nitrogens with two attached hydrogens (primary N) is 1. The number of nitrogens with zero attached hydrogens (tertiary/aromatic N) is 2. The highest BCUT2D eigenvalue weighted by atomic mass is 15.2. The Labute approximate surface area is 121 Å². The van der Waals surface area contributed by atoms with Gasteiger partial charge in [0.25, 0.3) is 0 Å². The fourth-order valence-corrected chi connectivity index (χ4v) is 2.29. The molecule has 0 unspecified atom stereocenters. The summed E-state index contributed by atoms with van der Waals surface area (Å²) >= 11 is 0. The molecule has 0 aliphatic heterocycles. The van der Waals surface area contributed by atoms with Crippen LogP contribution in [-0.2, 0) is 19.5 Å². The normalized spacial score (nSPS) is 10.6. The third-order valence-electron chi connectivity index (χ3n) is 3.53. The van der Waals surface area contributed by atoms with Gasteiger partial charge in [-0.2, -0.15) is 0 Å². The first-order valence-corrected chi connectivity index (χ1v) is 7.09. The Morgan fingerprint density at radius 3 is 2.30 bits per heavy atom. The average Bonchev–Trinajstić information content (AvgIpc) is 2.48. The van der Waals surface area contributed by atoms with Crippen LogP contribution in [0.15, 0.2) is 36.4 Å². The SMILES string of the molecule is CCc1ccc(CN(C)c2nc(C)ccc2CN)cc1. The van der Waals surface area contributed by atoms with E-state index in [9.17, 15) is 0 Å². The molecule has 2 aromatic rings. The molecule has 0 bridgehead atoms. The summed E-state index contributed by atoms with van der Waals surface area (Å²) in [5.74, 6) is 0.979. The smallest absolute Gasteiger partial charge is 0.133 e. The molecule has 2 N–H and O–H groups in total. The summed E-state index contributed by atoms with van der Waals surface area (Å²) in [4.78, 5) is 6.78. The van der Waals surface area contributed by atoms with Crippen molar-refractivity contribution < 1.29 is 0 Å². The molecule has 0 saturated heterocycles. The zero-order chi connectivity index (χ0) is 14.5. The van der Waals surface area contributed by atoms with Gasteiger partial charge in [0, 0.05) is 31.4 Å². The largest absolute Gasteiger partial charge is 0.355 e. The van der Waals surface area contributed by atoms with Crippen LogP contribution in [0, 0.1) is 6.92 Å². The lowest BCUT2D eigenvalue weighted by Gasteiger charge is -2.21. The lowest BCUT2D eigenvalue weighted by atomic mass is 10.1. The van der Waals surface area contributed by atoms with Crippen LogP contribution >= 0.6 is 0 Å². The predicted molar refractivity (Wildman–Crippen MR) is 84.8 cm³/mol. The summed E-state index contributed by atoms with van der Waals surface area (Å²) in [5, 5.41) is 0. The van der Waals surface area contributed by atoms with Gasteiger partial charge in [-0.25, -0.2) is 4.98 Å². The Bertz CT molecular complexity index is 561. The van der Waals surface area contributed by atoms with Gasteiger partial charge in [0.2, 0.25) is 0 Å². The summed E-state index contributed by atoms with van der Waals surface area (Å²) in [5.41, 5.74) is 10.6. The van der Waals surface area contributed by atoms with Gasteiger partial charge in [0.1, 0.15) is 5.82 Å². The Balaban J connectivity index is 2.18. The second kappa shape index (κ2) is 6.53. The summed E-state index contributed by atoms with van der Waals surface area (Å²) in [6, 6.07) is 12.8. The van der Waals surface area contributed by atoms with Gasteiger partial charge < -0.3 is 10.6 Å². The highest BCUT2D eigenvalue weighted by molar-refractivity contribution is 5.47. The molecule has 0 fully saturated rings. The molecule has 0 spiro atoms. The monoisotopic (exact) mass is 269 g/mol. The van der Waals surface area contributed by atoms with Crippen LogP contribution in [0.3, 0.4) is 0 Å². The third-order valence-corrected chi connectivity index (χ3v) is 3.53. The molecular weight excluding hydrogens is 246 g/mol. The zero-order valence-corrected chi connectivity index (χ0v) is 12.6. The number of benzene rings is 1. The molecule has 0 aliphatic rings. The number of hydrogen-bond donors (Lipinski definition) is 1. The van der Waals surface area contributed by atoms with Crippen molar-refractivity contribution in [3.05, 3.63) is 58.8 Å². The van der Waals surface area contributed by atoms with E-state index in [0.29, 0.717) is 6.54 Å². The second-order valence-electron chi connectivity index (χ2n) is 5.17. The molecule has 0 atom stereocenters. The first kappa shape index (κ1) is 14.5. The molecule has 3 heteroatoms. The molecule has 0 saturated carbocycles. The van der Waals surface area contributed by atoms with Gasteiger partial charge in [0.05, 0.1) is 0 Å². The number of aromatic nitrogens is 1. The van der Waals surface area contributed by atoms with Crippen molar-refractivity contribution in [2.24, 2.45) is 5.73 Å². The van der Waals surface area contributed by atoms with Gasteiger partial charge in [-0.15, -0.1) is 0 Å². The highest BCUT2D eigenvalue weighted by Gasteiger charge is 2.09. The van der Waals surface area contributed by atoms with Crippen LogP contribution in [0.2, 0.25) is 0 Å². The molecule has 1 heterocycles. The van der Waals surface area contributed by atoms with Gasteiger partial charge in [0.15, 0.2) is 0 Å². The maximum absolute atomic E-state index is 5.80. The van der Waals surface area contributed by atoms with Crippen molar-refractivity contribution in [1.82, 2.24) is 4.98 Å². The van der Waals surface area contributed by atoms with Gasteiger partial charge in [-0.3, -0.25) is 0 Å². The molecule has 0 radical (unpaired) electrons. The molecule has 1 aromatic carbocycles. The zero-order valence-electron chi connectivity index (χ0n) is 12.6. The molecular formula is C17H23N3. The van der Waals surface area contributed by atoms with Crippen molar-refractivity contribution in [2.45, 2.75) is 33.4 Å². The first-order chi connectivity index (χ1) is 9.63. The average molecular weight is 269 g/mol. The first-order valence-electron chi connectivity index (χ1n) is 7.09. The van der Waals surface area contributed by atoms with Crippen LogP contribution in [-0.4, -0.2) is 12.0 Å². The fraction of sp³-hybridized carbons (Fsp3) is 0.353. The number of hydrogen-bond acceptors (Lipinski definition) is 3. The topological polar surface area (TPSA) is 42.2 Å². The minimum Gasteiger partial charge on any atom is -0.355 e. The molecule has 0 amide bonds. The number of anilines is 1. The van der Waals surface area contributed by atoms with E-state index in [1.807, 2.05) is 13.0 Å². The van der Waals surface area contributed by atoms with Gasteiger partial charge >= 0.3 is 0 Å². The lowest BCUT2D eigenvalue weighted by molar-refractivity contribution is 0.869. The van der Waals surface area contributed by atoms with E-state index in [1.54, 1.807) is 0 Å². The lowest BCUT2D eigenvalue weighted by Crippen LogP contribution is -2.20. The molecule has 2 rings (SSSR count). The molecule has 20 heavy (non-hydrogen) atoms. The Hall–Kier alpha value is -1.87. The number of aryl methyl sites for hydroxylation is 2. The number of rotatable bonds is 5. The van der Waals surface area contributed by atoms with Crippen LogP contribution in [0.4, 0.5) is 5.82 Å². The maximum atomic E-state index is 5.80. The summed E-state index contributed by atoms with van der Waals surface area (Å²) in [7, 11) is 2.06. The van der Waals surface area contributed by atoms with E-state index in [2.05, 4.69) is 54.2 Å². The Morgan fingerprint density at radius 1 is 1.05 bits per heavy atom. The Kier molecular flexibility index (Phi) is 4.74. The van der Waals surface area contributed by atoms with E-state index >= 15 is 0 Å². The van der Waals surface area contributed by atoms with E-state index < -0.39 is 0 Å². The van der Waals surface area contributed by atoms with Crippen molar-refractivity contribution in [3.8, 4) is 0 Å². The minimum atomic E-state index is 0.516. The van der Waals surface area contributed by atoms with Crippen molar-refractivity contribution in [1.29, 1.82) is 0 Å². The van der Waals surface area contributed by atoms with Gasteiger partial charge in [-0.1, -0.05) is 37.3 Å². The fourth-order valence-electron chi connectivity index (χ4n) is 2.29. The maximum Gasteiger partial charge on any atom is 0.133 e. The molecule has 3 nitrogen and oxygen atoms in total. The summed E-state index contributed by atoms with van der Waals surface area (Å²) in [6.07, 6.45) is 1.08.